The van der Waals surface area contributed by atoms with Gasteiger partial charge in [0.05, 0.1) is 11.4 Å². The minimum atomic E-state index is -3.98. The number of rotatable bonds is 11. The Balaban J connectivity index is 1.91. The van der Waals surface area contributed by atoms with Gasteiger partial charge in [0.2, 0.25) is 21.8 Å². The Hall–Kier alpha value is -2.65. The summed E-state index contributed by atoms with van der Waals surface area (Å²) in [6.07, 6.45) is 1.06. The molecule has 0 saturated heterocycles. The molecular formula is C28H33Cl2N3O4S. The summed E-state index contributed by atoms with van der Waals surface area (Å²) in [4.78, 5) is 28.3. The van der Waals surface area contributed by atoms with E-state index in [1.807, 2.05) is 38.1 Å². The summed E-state index contributed by atoms with van der Waals surface area (Å²) in [7, 11) is -2.62. The first-order valence-corrected chi connectivity index (χ1v) is 14.7. The van der Waals surface area contributed by atoms with Gasteiger partial charge in [-0.05, 0) is 60.4 Å². The largest absolute Gasteiger partial charge is 0.352 e. The van der Waals surface area contributed by atoms with Crippen molar-refractivity contribution >= 4 is 55.8 Å². The van der Waals surface area contributed by atoms with E-state index in [2.05, 4.69) is 5.32 Å². The third kappa shape index (κ3) is 7.05. The molecule has 0 aliphatic rings. The van der Waals surface area contributed by atoms with Crippen LogP contribution in [0.4, 0.5) is 0 Å². The number of benzene rings is 3. The highest BCUT2D eigenvalue weighted by molar-refractivity contribution is 7.89. The van der Waals surface area contributed by atoms with Crippen LogP contribution in [-0.4, -0.2) is 55.1 Å². The van der Waals surface area contributed by atoms with E-state index in [0.717, 1.165) is 21.5 Å². The molecule has 0 saturated carbocycles. The Kier molecular flexibility index (Phi) is 10.2. The molecular weight excluding hydrogens is 545 g/mol. The topological polar surface area (TPSA) is 86.8 Å². The van der Waals surface area contributed by atoms with Crippen molar-refractivity contribution in [3.63, 3.8) is 0 Å². The maximum atomic E-state index is 13.7. The second-order valence-electron chi connectivity index (χ2n) is 9.27. The number of nitrogens with zero attached hydrogens (tertiary/aromatic N) is 2. The van der Waals surface area contributed by atoms with Crippen molar-refractivity contribution in [2.75, 3.05) is 13.6 Å². The molecule has 1 N–H and O–H groups in total. The van der Waals surface area contributed by atoms with E-state index in [1.165, 1.54) is 18.0 Å². The summed E-state index contributed by atoms with van der Waals surface area (Å²) in [5.74, 6) is -0.825. The summed E-state index contributed by atoms with van der Waals surface area (Å²) in [5.41, 5.74) is 0.597. The molecule has 0 bridgehead atoms. The van der Waals surface area contributed by atoms with Gasteiger partial charge in [0.15, 0.2) is 0 Å². The smallest absolute Gasteiger partial charge is 0.243 e. The predicted molar refractivity (Wildman–Crippen MR) is 153 cm³/mol. The molecule has 0 fully saturated rings. The summed E-state index contributed by atoms with van der Waals surface area (Å²) in [6, 6.07) is 16.3. The third-order valence-electron chi connectivity index (χ3n) is 6.53. The van der Waals surface area contributed by atoms with Crippen LogP contribution in [0, 0.1) is 0 Å². The molecule has 38 heavy (non-hydrogen) atoms. The Morgan fingerprint density at radius 2 is 1.63 bits per heavy atom. The average Bonchev–Trinajstić information content (AvgIpc) is 2.89. The van der Waals surface area contributed by atoms with Crippen LogP contribution in [0.25, 0.3) is 10.8 Å². The zero-order valence-electron chi connectivity index (χ0n) is 21.9. The second kappa shape index (κ2) is 12.9. The van der Waals surface area contributed by atoms with Crippen molar-refractivity contribution in [3.05, 3.63) is 76.3 Å². The zero-order valence-corrected chi connectivity index (χ0v) is 24.3. The van der Waals surface area contributed by atoms with E-state index in [0.29, 0.717) is 22.0 Å². The molecule has 10 heteroatoms. The lowest BCUT2D eigenvalue weighted by atomic mass is 10.1. The number of hydrogen-bond acceptors (Lipinski definition) is 4. The van der Waals surface area contributed by atoms with Crippen molar-refractivity contribution in [3.8, 4) is 0 Å². The molecule has 3 aromatic rings. The van der Waals surface area contributed by atoms with Gasteiger partial charge in [-0.3, -0.25) is 9.59 Å². The molecule has 0 spiro atoms. The van der Waals surface area contributed by atoms with Crippen LogP contribution in [0.15, 0.2) is 65.6 Å². The minimum absolute atomic E-state index is 0.0190. The maximum absolute atomic E-state index is 13.7. The third-order valence-corrected chi connectivity index (χ3v) is 8.92. The Morgan fingerprint density at radius 1 is 0.947 bits per heavy atom. The van der Waals surface area contributed by atoms with Crippen molar-refractivity contribution < 1.29 is 18.0 Å². The molecule has 7 nitrogen and oxygen atoms in total. The highest BCUT2D eigenvalue weighted by Gasteiger charge is 2.32. The summed E-state index contributed by atoms with van der Waals surface area (Å²) in [6.45, 7) is 5.21. The molecule has 204 valence electrons. The number of halogens is 2. The fourth-order valence-corrected chi connectivity index (χ4v) is 5.69. The number of fused-ring (bicyclic) bond motifs is 1. The first-order chi connectivity index (χ1) is 18.0. The van der Waals surface area contributed by atoms with Crippen LogP contribution in [0.2, 0.25) is 10.0 Å². The Morgan fingerprint density at radius 3 is 2.26 bits per heavy atom. The van der Waals surface area contributed by atoms with Crippen molar-refractivity contribution in [1.82, 2.24) is 14.5 Å². The number of carbonyl (C=O) groups is 2. The number of hydrogen-bond donors (Lipinski definition) is 1. The van der Waals surface area contributed by atoms with Gasteiger partial charge in [-0.2, -0.15) is 4.31 Å². The van der Waals surface area contributed by atoms with Gasteiger partial charge >= 0.3 is 0 Å². The number of sulfonamides is 1. The quantitative estimate of drug-likeness (QED) is 0.326. The van der Waals surface area contributed by atoms with E-state index >= 15 is 0 Å². The molecule has 0 aliphatic heterocycles. The van der Waals surface area contributed by atoms with Crippen LogP contribution in [-0.2, 0) is 26.2 Å². The lowest BCUT2D eigenvalue weighted by Crippen LogP contribution is -2.53. The lowest BCUT2D eigenvalue weighted by molar-refractivity contribution is -0.141. The van der Waals surface area contributed by atoms with Gasteiger partial charge in [-0.1, -0.05) is 73.4 Å². The normalized spacial score (nSPS) is 13.3. The first-order valence-electron chi connectivity index (χ1n) is 12.5. The van der Waals surface area contributed by atoms with Crippen LogP contribution >= 0.6 is 23.2 Å². The molecule has 2 atom stereocenters. The first kappa shape index (κ1) is 29.9. The fraction of sp³-hybridized carbons (Fsp3) is 0.357. The number of amides is 2. The minimum Gasteiger partial charge on any atom is -0.352 e. The van der Waals surface area contributed by atoms with Crippen LogP contribution < -0.4 is 5.32 Å². The molecule has 2 amide bonds. The van der Waals surface area contributed by atoms with E-state index < -0.39 is 28.5 Å². The van der Waals surface area contributed by atoms with Gasteiger partial charge in [0, 0.05) is 29.7 Å². The van der Waals surface area contributed by atoms with Crippen LogP contribution in [0.5, 0.6) is 0 Å². The molecule has 3 rings (SSSR count). The molecule has 0 unspecified atom stereocenters. The Bertz CT molecular complexity index is 1410. The number of likely N-dealkylation sites (N-methyl/N-ethyl adjacent to an activating group) is 1. The number of nitrogens with one attached hydrogen (secondary N) is 1. The average molecular weight is 579 g/mol. The van der Waals surface area contributed by atoms with Gasteiger partial charge in [0.25, 0.3) is 0 Å². The highest BCUT2D eigenvalue weighted by atomic mass is 35.5. The zero-order chi connectivity index (χ0) is 28.0. The van der Waals surface area contributed by atoms with Gasteiger partial charge in [-0.25, -0.2) is 8.42 Å². The second-order valence-corrected chi connectivity index (χ2v) is 12.2. The van der Waals surface area contributed by atoms with Gasteiger partial charge in [0.1, 0.15) is 6.04 Å². The van der Waals surface area contributed by atoms with Crippen molar-refractivity contribution in [2.24, 2.45) is 0 Å². The van der Waals surface area contributed by atoms with E-state index in [-0.39, 0.29) is 23.4 Å². The van der Waals surface area contributed by atoms with Crippen molar-refractivity contribution in [1.29, 1.82) is 0 Å². The molecule has 0 aliphatic carbocycles. The molecule has 0 radical (unpaired) electrons. The number of carbonyl (C=O) groups excluding carboxylic acids is 2. The SMILES string of the molecule is CC[C@H](C(=O)N[C@@H](C)CC)N(Cc1ccc(Cl)cc1Cl)C(=O)CN(C)S(=O)(=O)c1ccc2ccccc2c1. The van der Waals surface area contributed by atoms with E-state index in [1.54, 1.807) is 37.3 Å². The summed E-state index contributed by atoms with van der Waals surface area (Å²) < 4.78 is 27.8. The molecule has 0 heterocycles. The van der Waals surface area contributed by atoms with Crippen LogP contribution in [0.3, 0.4) is 0 Å². The van der Waals surface area contributed by atoms with Gasteiger partial charge in [-0.15, -0.1) is 0 Å². The lowest BCUT2D eigenvalue weighted by Gasteiger charge is -2.32. The maximum Gasteiger partial charge on any atom is 0.243 e. The Labute approximate surface area is 234 Å². The molecule has 0 aromatic heterocycles. The van der Waals surface area contributed by atoms with Crippen LogP contribution in [0.1, 0.15) is 39.2 Å². The summed E-state index contributed by atoms with van der Waals surface area (Å²) in [5, 5.41) is 5.42. The monoisotopic (exact) mass is 577 g/mol. The standard InChI is InChI=1S/C28H33Cl2N3O4S/c1-5-19(3)31-28(35)26(6-2)33(17-22-11-13-23(29)16-25(22)30)27(34)18-32(4)38(36,37)24-14-12-20-9-7-8-10-21(20)15-24/h7-16,19,26H,5-6,17-18H2,1-4H3,(H,31,35)/t19-,26+/m0/s1. The summed E-state index contributed by atoms with van der Waals surface area (Å²) >= 11 is 12.4. The van der Waals surface area contributed by atoms with Gasteiger partial charge < -0.3 is 10.2 Å². The fourth-order valence-electron chi connectivity index (χ4n) is 4.07. The highest BCUT2D eigenvalue weighted by Crippen LogP contribution is 2.25. The van der Waals surface area contributed by atoms with E-state index in [4.69, 9.17) is 23.2 Å². The predicted octanol–water partition coefficient (Wildman–Crippen LogP) is 5.49. The van der Waals surface area contributed by atoms with Crippen molar-refractivity contribution in [2.45, 2.75) is 57.1 Å². The van der Waals surface area contributed by atoms with E-state index in [9.17, 15) is 18.0 Å². The molecule has 3 aromatic carbocycles.